The van der Waals surface area contributed by atoms with Gasteiger partial charge in [0.1, 0.15) is 0 Å². The molecule has 1 aromatic rings. The van der Waals surface area contributed by atoms with Crippen LogP contribution in [0.4, 0.5) is 4.79 Å². The van der Waals surface area contributed by atoms with E-state index in [0.717, 1.165) is 10.0 Å². The number of benzene rings is 1. The van der Waals surface area contributed by atoms with Crippen LogP contribution in [0, 0.1) is 0 Å². The minimum absolute atomic E-state index is 0.101. The molecule has 0 fully saturated rings. The fraction of sp³-hybridized carbons (Fsp3) is 0.533. The highest BCUT2D eigenvalue weighted by molar-refractivity contribution is 9.10. The number of carbonyl (C=O) groups is 1. The largest absolute Gasteiger partial charge is 0.439 e. The molecule has 2 N–H and O–H groups in total. The van der Waals surface area contributed by atoms with Gasteiger partial charge in [-0.25, -0.2) is 4.79 Å². The third-order valence-corrected chi connectivity index (χ3v) is 8.93. The van der Waals surface area contributed by atoms with Crippen molar-refractivity contribution < 1.29 is 14.0 Å². The van der Waals surface area contributed by atoms with Gasteiger partial charge in [0.15, 0.2) is 14.4 Å². The minimum Gasteiger partial charge on any atom is -0.439 e. The Morgan fingerprint density at radius 2 is 1.81 bits per heavy atom. The number of hydrogen-bond acceptors (Lipinski definition) is 3. The fourth-order valence-corrected chi connectivity index (χ4v) is 2.78. The third-order valence-electron chi connectivity index (χ3n) is 3.90. The van der Waals surface area contributed by atoms with Crippen LogP contribution < -0.4 is 5.73 Å². The van der Waals surface area contributed by atoms with Gasteiger partial charge in [0.2, 0.25) is 0 Å². The van der Waals surface area contributed by atoms with Crippen molar-refractivity contribution in [3.05, 3.63) is 34.3 Å². The van der Waals surface area contributed by atoms with Crippen LogP contribution in [-0.2, 0) is 9.16 Å². The summed E-state index contributed by atoms with van der Waals surface area (Å²) in [5.74, 6) is 0. The Morgan fingerprint density at radius 1 is 1.29 bits per heavy atom. The SMILES string of the molecule is CC(C)(C)[Si](C)(C)OC[C@H](OC(N)=O)c1ccc(Br)cc1. The number of halogens is 1. The lowest BCUT2D eigenvalue weighted by Gasteiger charge is -2.37. The Balaban J connectivity index is 2.85. The number of ether oxygens (including phenoxy) is 1. The van der Waals surface area contributed by atoms with E-state index in [2.05, 4.69) is 49.8 Å². The minimum atomic E-state index is -1.90. The van der Waals surface area contributed by atoms with Gasteiger partial charge >= 0.3 is 6.09 Å². The number of hydrogen-bond donors (Lipinski definition) is 1. The van der Waals surface area contributed by atoms with Crippen LogP contribution in [0.2, 0.25) is 18.1 Å². The quantitative estimate of drug-likeness (QED) is 0.766. The van der Waals surface area contributed by atoms with Crippen molar-refractivity contribution >= 4 is 30.3 Å². The second-order valence-electron chi connectivity index (χ2n) is 6.55. The van der Waals surface area contributed by atoms with Crippen molar-refractivity contribution in [3.63, 3.8) is 0 Å². The molecule has 0 spiro atoms. The Bertz CT molecular complexity index is 483. The molecule has 0 bridgehead atoms. The molecule has 0 heterocycles. The zero-order chi connectivity index (χ0) is 16.3. The van der Waals surface area contributed by atoms with Crippen molar-refractivity contribution in [2.75, 3.05) is 6.61 Å². The highest BCUT2D eigenvalue weighted by Gasteiger charge is 2.38. The van der Waals surface area contributed by atoms with E-state index in [1.807, 2.05) is 24.3 Å². The molecule has 21 heavy (non-hydrogen) atoms. The predicted molar refractivity (Wildman–Crippen MR) is 90.7 cm³/mol. The van der Waals surface area contributed by atoms with E-state index in [9.17, 15) is 4.79 Å². The number of nitrogens with two attached hydrogens (primary N) is 1. The first-order chi connectivity index (χ1) is 9.53. The van der Waals surface area contributed by atoms with E-state index in [0.29, 0.717) is 6.61 Å². The summed E-state index contributed by atoms with van der Waals surface area (Å²) in [6.45, 7) is 11.2. The van der Waals surface area contributed by atoms with Gasteiger partial charge in [-0.15, -0.1) is 0 Å². The first-order valence-corrected chi connectivity index (χ1v) is 10.6. The molecule has 1 amide bonds. The smallest absolute Gasteiger partial charge is 0.405 e. The summed E-state index contributed by atoms with van der Waals surface area (Å²) in [5.41, 5.74) is 6.04. The molecular formula is C15H24BrNO3Si. The van der Waals surface area contributed by atoms with E-state index in [1.165, 1.54) is 0 Å². The van der Waals surface area contributed by atoms with E-state index >= 15 is 0 Å². The molecule has 0 saturated heterocycles. The van der Waals surface area contributed by atoms with Crippen LogP contribution in [0.3, 0.4) is 0 Å². The van der Waals surface area contributed by atoms with Crippen LogP contribution in [0.15, 0.2) is 28.7 Å². The van der Waals surface area contributed by atoms with Gasteiger partial charge in [-0.3, -0.25) is 0 Å². The fourth-order valence-electron chi connectivity index (χ4n) is 1.52. The monoisotopic (exact) mass is 373 g/mol. The number of carbonyl (C=O) groups excluding carboxylic acids is 1. The average Bonchev–Trinajstić information content (AvgIpc) is 2.34. The average molecular weight is 374 g/mol. The van der Waals surface area contributed by atoms with Crippen molar-refractivity contribution in [1.29, 1.82) is 0 Å². The standard InChI is InChI=1S/C15H24BrNO3Si/c1-15(2,3)21(4,5)19-10-13(20-14(17)18)11-6-8-12(16)9-7-11/h6-9,13H,10H2,1-5H3,(H2,17,18)/t13-/m0/s1. The van der Waals surface area contributed by atoms with Gasteiger partial charge in [-0.2, -0.15) is 0 Å². The molecule has 0 radical (unpaired) electrons. The maximum absolute atomic E-state index is 11.1. The number of amides is 1. The molecule has 1 rings (SSSR count). The van der Waals surface area contributed by atoms with Crippen LogP contribution in [0.5, 0.6) is 0 Å². The molecule has 0 aliphatic rings. The number of rotatable bonds is 5. The van der Waals surface area contributed by atoms with Crippen molar-refractivity contribution in [2.24, 2.45) is 5.73 Å². The van der Waals surface area contributed by atoms with Crippen molar-refractivity contribution in [1.82, 2.24) is 0 Å². The van der Waals surface area contributed by atoms with E-state index in [1.54, 1.807) is 0 Å². The molecule has 1 aromatic carbocycles. The van der Waals surface area contributed by atoms with E-state index in [-0.39, 0.29) is 5.04 Å². The van der Waals surface area contributed by atoms with Gasteiger partial charge in [0.05, 0.1) is 6.61 Å². The Hall–Kier alpha value is -0.853. The van der Waals surface area contributed by atoms with Crippen LogP contribution in [0.1, 0.15) is 32.4 Å². The molecule has 0 aliphatic heterocycles. The molecule has 0 saturated carbocycles. The molecule has 4 nitrogen and oxygen atoms in total. The second-order valence-corrected chi connectivity index (χ2v) is 12.3. The zero-order valence-electron chi connectivity index (χ0n) is 13.3. The lowest BCUT2D eigenvalue weighted by molar-refractivity contribution is 0.0667. The number of primary amides is 1. The molecule has 118 valence electrons. The lowest BCUT2D eigenvalue weighted by atomic mass is 10.1. The topological polar surface area (TPSA) is 61.6 Å². The summed E-state index contributed by atoms with van der Waals surface area (Å²) in [4.78, 5) is 11.1. The predicted octanol–water partition coefficient (Wildman–Crippen LogP) is 4.61. The lowest BCUT2D eigenvalue weighted by Crippen LogP contribution is -2.42. The first-order valence-electron chi connectivity index (χ1n) is 6.88. The van der Waals surface area contributed by atoms with Crippen LogP contribution >= 0.6 is 15.9 Å². The Morgan fingerprint density at radius 3 is 2.24 bits per heavy atom. The van der Waals surface area contributed by atoms with Gasteiger partial charge < -0.3 is 14.9 Å². The first kappa shape index (κ1) is 18.2. The summed E-state index contributed by atoms with van der Waals surface area (Å²) < 4.78 is 12.3. The maximum atomic E-state index is 11.1. The zero-order valence-corrected chi connectivity index (χ0v) is 15.9. The summed E-state index contributed by atoms with van der Waals surface area (Å²) in [5, 5.41) is 0.101. The van der Waals surface area contributed by atoms with Crippen LogP contribution in [-0.4, -0.2) is 21.0 Å². The Labute approximate surface area is 136 Å². The molecule has 1 atom stereocenters. The van der Waals surface area contributed by atoms with Crippen molar-refractivity contribution in [2.45, 2.75) is 45.0 Å². The molecular weight excluding hydrogens is 350 g/mol. The molecule has 6 heteroatoms. The van der Waals surface area contributed by atoms with Gasteiger partial charge in [0.25, 0.3) is 0 Å². The third kappa shape index (κ3) is 5.45. The van der Waals surface area contributed by atoms with Gasteiger partial charge in [0, 0.05) is 4.47 Å². The van der Waals surface area contributed by atoms with Crippen LogP contribution in [0.25, 0.3) is 0 Å². The van der Waals surface area contributed by atoms with Gasteiger partial charge in [-0.1, -0.05) is 48.8 Å². The molecule has 0 aromatic heterocycles. The summed E-state index contributed by atoms with van der Waals surface area (Å²) >= 11 is 3.39. The summed E-state index contributed by atoms with van der Waals surface area (Å²) in [6.07, 6.45) is -1.27. The van der Waals surface area contributed by atoms with Gasteiger partial charge in [-0.05, 0) is 35.8 Å². The summed E-state index contributed by atoms with van der Waals surface area (Å²) in [6, 6.07) is 7.59. The maximum Gasteiger partial charge on any atom is 0.405 e. The van der Waals surface area contributed by atoms with E-state index in [4.69, 9.17) is 14.9 Å². The second kappa shape index (κ2) is 6.94. The normalized spacial score (nSPS) is 13.8. The summed E-state index contributed by atoms with van der Waals surface area (Å²) in [7, 11) is -1.90. The van der Waals surface area contributed by atoms with E-state index < -0.39 is 20.5 Å². The molecule has 0 aliphatic carbocycles. The van der Waals surface area contributed by atoms with Crippen molar-refractivity contribution in [3.8, 4) is 0 Å². The molecule has 0 unspecified atom stereocenters. The highest BCUT2D eigenvalue weighted by Crippen LogP contribution is 2.37. The Kier molecular flexibility index (Phi) is 6.01. The highest BCUT2D eigenvalue weighted by atomic mass is 79.9.